The number of nitrogens with zero attached hydrogens (tertiary/aromatic N) is 3. The van der Waals surface area contributed by atoms with E-state index in [1.165, 1.54) is 0 Å². The summed E-state index contributed by atoms with van der Waals surface area (Å²) in [5, 5.41) is 9.50. The highest BCUT2D eigenvalue weighted by Gasteiger charge is 2.21. The molecule has 7 nitrogen and oxygen atoms in total. The summed E-state index contributed by atoms with van der Waals surface area (Å²) in [6.45, 7) is 3.23. The number of aryl methyl sites for hydroxylation is 1. The molecule has 3 amide bonds. The molecule has 22 heavy (non-hydrogen) atoms. The molecule has 3 rings (SSSR count). The van der Waals surface area contributed by atoms with E-state index in [0.717, 1.165) is 17.2 Å². The zero-order valence-electron chi connectivity index (χ0n) is 12.0. The van der Waals surface area contributed by atoms with Crippen LogP contribution in [-0.2, 0) is 6.42 Å². The van der Waals surface area contributed by atoms with Gasteiger partial charge in [-0.25, -0.2) is 4.79 Å². The van der Waals surface area contributed by atoms with E-state index >= 15 is 0 Å². The van der Waals surface area contributed by atoms with Gasteiger partial charge < -0.3 is 10.6 Å². The van der Waals surface area contributed by atoms with Crippen LogP contribution in [0.25, 0.3) is 0 Å². The minimum Gasteiger partial charge on any atom is -0.336 e. The van der Waals surface area contributed by atoms with Gasteiger partial charge in [-0.15, -0.1) is 5.10 Å². The Morgan fingerprint density at radius 2 is 2.18 bits per heavy atom. The Kier molecular flexibility index (Phi) is 4.01. The summed E-state index contributed by atoms with van der Waals surface area (Å²) in [4.78, 5) is 26.0. The van der Waals surface area contributed by atoms with Crippen LogP contribution in [-0.4, -0.2) is 34.6 Å². The molecule has 8 heteroatoms. The normalized spacial score (nSPS) is 14.0. The third kappa shape index (κ3) is 2.77. The lowest BCUT2D eigenvalue weighted by molar-refractivity contribution is 0.102. The molecule has 2 aromatic rings. The average Bonchev–Trinajstić information content (AvgIpc) is 3.16. The van der Waals surface area contributed by atoms with Crippen LogP contribution in [0.15, 0.2) is 24.3 Å². The lowest BCUT2D eigenvalue weighted by Crippen LogP contribution is -2.27. The number of nitrogens with one attached hydrogen (secondary N) is 2. The lowest BCUT2D eigenvalue weighted by atomic mass is 10.2. The van der Waals surface area contributed by atoms with Gasteiger partial charge in [-0.2, -0.15) is 0 Å². The minimum absolute atomic E-state index is 0.0971. The molecule has 0 radical (unpaired) electrons. The first kappa shape index (κ1) is 14.5. The Balaban J connectivity index is 1.71. The maximum Gasteiger partial charge on any atom is 0.321 e. The zero-order valence-corrected chi connectivity index (χ0v) is 12.8. The van der Waals surface area contributed by atoms with Crippen molar-refractivity contribution in [2.45, 2.75) is 13.3 Å². The second-order valence-electron chi connectivity index (χ2n) is 4.79. The molecule has 0 bridgehead atoms. The van der Waals surface area contributed by atoms with Crippen molar-refractivity contribution in [3.63, 3.8) is 0 Å². The molecule has 0 atom stereocenters. The second kappa shape index (κ2) is 6.10. The molecule has 0 saturated carbocycles. The third-order valence-electron chi connectivity index (χ3n) is 3.39. The van der Waals surface area contributed by atoms with Crippen LogP contribution in [0.2, 0.25) is 0 Å². The Bertz CT molecular complexity index is 698. The van der Waals surface area contributed by atoms with E-state index in [-0.39, 0.29) is 11.9 Å². The number of carbonyl (C=O) groups is 2. The number of aromatic nitrogens is 2. The Morgan fingerprint density at radius 1 is 1.41 bits per heavy atom. The van der Waals surface area contributed by atoms with Crippen molar-refractivity contribution in [2.24, 2.45) is 0 Å². The average molecular weight is 317 g/mol. The topological polar surface area (TPSA) is 87.2 Å². The van der Waals surface area contributed by atoms with Crippen LogP contribution < -0.4 is 15.5 Å². The first-order valence-electron chi connectivity index (χ1n) is 6.97. The predicted molar refractivity (Wildman–Crippen MR) is 84.4 cm³/mol. The smallest absolute Gasteiger partial charge is 0.321 e. The number of anilines is 2. The van der Waals surface area contributed by atoms with Gasteiger partial charge in [0, 0.05) is 24.5 Å². The first-order chi connectivity index (χ1) is 10.7. The SMILES string of the molecule is CCc1nnsc1C(=O)Nc1ccc(N2CCNC2=O)cc1. The fourth-order valence-corrected chi connectivity index (χ4v) is 2.89. The van der Waals surface area contributed by atoms with Crippen molar-refractivity contribution in [3.05, 3.63) is 34.8 Å². The minimum atomic E-state index is -0.210. The van der Waals surface area contributed by atoms with Crippen LogP contribution in [0.1, 0.15) is 22.3 Å². The number of carbonyl (C=O) groups excluding carboxylic acids is 2. The van der Waals surface area contributed by atoms with Gasteiger partial charge in [0.05, 0.1) is 5.69 Å². The Hall–Kier alpha value is -2.48. The van der Waals surface area contributed by atoms with Crippen LogP contribution in [0.4, 0.5) is 16.2 Å². The monoisotopic (exact) mass is 317 g/mol. The first-order valence-corrected chi connectivity index (χ1v) is 7.74. The molecule has 114 valence electrons. The molecule has 1 aliphatic heterocycles. The number of rotatable bonds is 4. The predicted octanol–water partition coefficient (Wildman–Crippen LogP) is 1.88. The number of hydrogen-bond donors (Lipinski definition) is 2. The molecular weight excluding hydrogens is 302 g/mol. The highest BCUT2D eigenvalue weighted by Crippen LogP contribution is 2.21. The molecule has 1 aliphatic rings. The molecule has 0 unspecified atom stereocenters. The van der Waals surface area contributed by atoms with Crippen molar-refractivity contribution >= 4 is 34.8 Å². The molecule has 0 spiro atoms. The Morgan fingerprint density at radius 3 is 2.82 bits per heavy atom. The summed E-state index contributed by atoms with van der Waals surface area (Å²) in [6.07, 6.45) is 0.669. The van der Waals surface area contributed by atoms with Gasteiger partial charge in [0.2, 0.25) is 0 Å². The molecule has 0 aliphatic carbocycles. The van der Waals surface area contributed by atoms with E-state index in [9.17, 15) is 9.59 Å². The Labute approximate surface area is 131 Å². The van der Waals surface area contributed by atoms with E-state index in [1.807, 2.05) is 19.1 Å². The molecule has 1 fully saturated rings. The fraction of sp³-hybridized carbons (Fsp3) is 0.286. The quantitative estimate of drug-likeness (QED) is 0.901. The van der Waals surface area contributed by atoms with Gasteiger partial charge in [-0.05, 0) is 42.2 Å². The molecule has 1 saturated heterocycles. The number of urea groups is 1. The van der Waals surface area contributed by atoms with Crippen molar-refractivity contribution in [2.75, 3.05) is 23.3 Å². The maximum atomic E-state index is 12.2. The highest BCUT2D eigenvalue weighted by atomic mass is 32.1. The van der Waals surface area contributed by atoms with E-state index in [1.54, 1.807) is 17.0 Å². The van der Waals surface area contributed by atoms with Gasteiger partial charge >= 0.3 is 6.03 Å². The van der Waals surface area contributed by atoms with Crippen molar-refractivity contribution in [3.8, 4) is 0 Å². The standard InChI is InChI=1S/C14H15N5O2S/c1-2-11-12(22-18-17-11)13(20)16-9-3-5-10(6-4-9)19-8-7-15-14(19)21/h3-6H,2,7-8H2,1H3,(H,15,21)(H,16,20). The van der Waals surface area contributed by atoms with Crippen molar-refractivity contribution < 1.29 is 9.59 Å². The fourth-order valence-electron chi connectivity index (χ4n) is 2.24. The van der Waals surface area contributed by atoms with Gasteiger partial charge in [-0.1, -0.05) is 11.4 Å². The van der Waals surface area contributed by atoms with E-state index < -0.39 is 0 Å². The zero-order chi connectivity index (χ0) is 15.5. The maximum absolute atomic E-state index is 12.2. The number of benzene rings is 1. The van der Waals surface area contributed by atoms with Crippen LogP contribution in [0, 0.1) is 0 Å². The second-order valence-corrected chi connectivity index (χ2v) is 5.54. The van der Waals surface area contributed by atoms with Crippen molar-refractivity contribution in [1.29, 1.82) is 0 Å². The summed E-state index contributed by atoms with van der Waals surface area (Å²) in [5.74, 6) is -0.210. The van der Waals surface area contributed by atoms with Gasteiger partial charge in [0.15, 0.2) is 0 Å². The van der Waals surface area contributed by atoms with Gasteiger partial charge in [0.25, 0.3) is 5.91 Å². The van der Waals surface area contributed by atoms with Gasteiger partial charge in [0.1, 0.15) is 4.88 Å². The molecule has 1 aromatic heterocycles. The summed E-state index contributed by atoms with van der Waals surface area (Å²) in [6, 6.07) is 7.08. The summed E-state index contributed by atoms with van der Waals surface area (Å²) < 4.78 is 3.81. The summed E-state index contributed by atoms with van der Waals surface area (Å²) in [5.41, 5.74) is 2.18. The molecule has 2 heterocycles. The molecule has 1 aromatic carbocycles. The lowest BCUT2D eigenvalue weighted by Gasteiger charge is -2.14. The van der Waals surface area contributed by atoms with Crippen LogP contribution in [0.5, 0.6) is 0 Å². The van der Waals surface area contributed by atoms with Gasteiger partial charge in [-0.3, -0.25) is 9.69 Å². The summed E-state index contributed by atoms with van der Waals surface area (Å²) in [7, 11) is 0. The third-order valence-corrected chi connectivity index (χ3v) is 4.16. The summed E-state index contributed by atoms with van der Waals surface area (Å²) >= 11 is 1.09. The highest BCUT2D eigenvalue weighted by molar-refractivity contribution is 7.08. The van der Waals surface area contributed by atoms with E-state index in [0.29, 0.717) is 35.8 Å². The van der Waals surface area contributed by atoms with E-state index in [4.69, 9.17) is 0 Å². The van der Waals surface area contributed by atoms with E-state index in [2.05, 4.69) is 20.2 Å². The van der Waals surface area contributed by atoms with Crippen LogP contribution in [0.3, 0.4) is 0 Å². The largest absolute Gasteiger partial charge is 0.336 e. The number of hydrogen-bond acceptors (Lipinski definition) is 5. The molecule has 2 N–H and O–H groups in total. The van der Waals surface area contributed by atoms with Crippen LogP contribution >= 0.6 is 11.5 Å². The van der Waals surface area contributed by atoms with Crippen molar-refractivity contribution in [1.82, 2.24) is 14.9 Å². The number of amides is 3. The molecular formula is C14H15N5O2S.